The van der Waals surface area contributed by atoms with Gasteiger partial charge >= 0.3 is 0 Å². The predicted octanol–water partition coefficient (Wildman–Crippen LogP) is -0.173. The minimum atomic E-state index is 0.222. The Balaban J connectivity index is 3.36. The van der Waals surface area contributed by atoms with Crippen molar-refractivity contribution in [3.05, 3.63) is 0 Å². The minimum absolute atomic E-state index is 0.222. The van der Waals surface area contributed by atoms with E-state index in [1.165, 1.54) is 0 Å². The molecule has 0 spiro atoms. The smallest absolute Gasteiger partial charge is 0.0277 e. The van der Waals surface area contributed by atoms with Crippen LogP contribution in [0.5, 0.6) is 0 Å². The molecular weight excluding hydrogens is 102 g/mol. The van der Waals surface area contributed by atoms with Gasteiger partial charge in [0.15, 0.2) is 0 Å². The average Bonchev–Trinajstić information content (AvgIpc) is 1.68. The molecule has 0 radical (unpaired) electrons. The monoisotopic (exact) mass is 117 g/mol. The van der Waals surface area contributed by atoms with Gasteiger partial charge in [-0.3, -0.25) is 0 Å². The van der Waals surface area contributed by atoms with Crippen molar-refractivity contribution in [1.82, 2.24) is 0 Å². The third-order valence-electron chi connectivity index (χ3n) is 1.62. The van der Waals surface area contributed by atoms with E-state index in [1.54, 1.807) is 0 Å². The molecule has 0 aliphatic heterocycles. The molecule has 0 aliphatic rings. The lowest BCUT2D eigenvalue weighted by Crippen LogP contribution is -2.38. The van der Waals surface area contributed by atoms with Gasteiger partial charge < -0.3 is 5.73 Å². The summed E-state index contributed by atoms with van der Waals surface area (Å²) in [5, 5.41) is 0.222. The van der Waals surface area contributed by atoms with E-state index >= 15 is 0 Å². The fourth-order valence-electron chi connectivity index (χ4n) is 0.250. The summed E-state index contributed by atoms with van der Waals surface area (Å²) in [5.74, 6) is 0. The lowest BCUT2D eigenvalue weighted by Gasteiger charge is -2.19. The maximum Gasteiger partial charge on any atom is 0.0277 e. The Labute approximate surface area is 48.7 Å². The summed E-state index contributed by atoms with van der Waals surface area (Å²) in [4.78, 5) is 0. The summed E-state index contributed by atoms with van der Waals surface area (Å²) in [5.41, 5.74) is 5.78. The molecule has 0 aromatic rings. The van der Waals surface area contributed by atoms with E-state index in [4.69, 9.17) is 5.73 Å². The lowest BCUT2D eigenvalue weighted by molar-refractivity contribution is 0.558. The molecule has 7 heavy (non-hydrogen) atoms. The van der Waals surface area contributed by atoms with Crippen LogP contribution < -0.4 is 5.73 Å². The molecule has 0 saturated heterocycles. The average molecular weight is 117 g/mol. The molecule has 0 amide bonds. The number of hydrogen-bond acceptors (Lipinski definition) is 1. The fourth-order valence-corrected chi connectivity index (χ4v) is 0.250. The maximum atomic E-state index is 5.78. The van der Waals surface area contributed by atoms with Crippen LogP contribution in [0.1, 0.15) is 26.7 Å². The first-order valence-corrected chi connectivity index (χ1v) is 3.91. The van der Waals surface area contributed by atoms with Gasteiger partial charge in [-0.05, 0) is 18.0 Å². The standard InChI is InChI=1S/C5H15NSi/c1-3-5(6,7)4-2/h3-4,6H2,1-2,7H3. The van der Waals surface area contributed by atoms with Crippen LogP contribution in [0.15, 0.2) is 0 Å². The van der Waals surface area contributed by atoms with Crippen LogP contribution in [0.4, 0.5) is 0 Å². The first-order chi connectivity index (χ1) is 3.12. The van der Waals surface area contributed by atoms with Crippen molar-refractivity contribution in [1.29, 1.82) is 0 Å². The highest BCUT2D eigenvalue weighted by Gasteiger charge is 2.10. The highest BCUT2D eigenvalue weighted by Crippen LogP contribution is 2.03. The summed E-state index contributed by atoms with van der Waals surface area (Å²) in [6.07, 6.45) is 2.27. The van der Waals surface area contributed by atoms with Crippen molar-refractivity contribution < 1.29 is 0 Å². The topological polar surface area (TPSA) is 26.0 Å². The third-order valence-corrected chi connectivity index (χ3v) is 3.03. The molecule has 0 fully saturated rings. The molecule has 0 saturated carbocycles. The molecule has 2 N–H and O–H groups in total. The molecular formula is C5H15NSi. The van der Waals surface area contributed by atoms with Gasteiger partial charge in [-0.15, -0.1) is 0 Å². The van der Waals surface area contributed by atoms with Crippen molar-refractivity contribution in [2.24, 2.45) is 5.73 Å². The predicted molar refractivity (Wildman–Crippen MR) is 37.4 cm³/mol. The van der Waals surface area contributed by atoms with Crippen LogP contribution in [0.2, 0.25) is 0 Å². The largest absolute Gasteiger partial charge is 0.329 e. The molecule has 0 unspecified atom stereocenters. The summed E-state index contributed by atoms with van der Waals surface area (Å²) < 4.78 is 0. The van der Waals surface area contributed by atoms with Crippen LogP contribution in [-0.2, 0) is 0 Å². The molecule has 0 heterocycles. The van der Waals surface area contributed by atoms with Gasteiger partial charge in [0.1, 0.15) is 0 Å². The highest BCUT2D eigenvalue weighted by atomic mass is 28.1. The Bertz CT molecular complexity index is 46.0. The Kier molecular flexibility index (Phi) is 2.54. The van der Waals surface area contributed by atoms with Crippen molar-refractivity contribution in [3.63, 3.8) is 0 Å². The first-order valence-electron chi connectivity index (χ1n) is 2.91. The Hall–Kier alpha value is 0.177. The van der Waals surface area contributed by atoms with Gasteiger partial charge in [0.25, 0.3) is 0 Å². The van der Waals surface area contributed by atoms with Crippen LogP contribution in [0, 0.1) is 0 Å². The van der Waals surface area contributed by atoms with Crippen molar-refractivity contribution in [3.8, 4) is 0 Å². The van der Waals surface area contributed by atoms with Gasteiger partial charge in [-0.1, -0.05) is 13.8 Å². The normalized spacial score (nSPS) is 12.4. The summed E-state index contributed by atoms with van der Waals surface area (Å²) in [6.45, 7) is 4.30. The molecule has 0 rings (SSSR count). The first kappa shape index (κ1) is 7.18. The maximum absolute atomic E-state index is 5.78. The molecule has 0 aromatic carbocycles. The Morgan fingerprint density at radius 3 is 1.71 bits per heavy atom. The van der Waals surface area contributed by atoms with Crippen molar-refractivity contribution >= 4 is 10.2 Å². The van der Waals surface area contributed by atoms with E-state index in [2.05, 4.69) is 13.8 Å². The summed E-state index contributed by atoms with van der Waals surface area (Å²) in [6, 6.07) is 0. The molecule has 1 nitrogen and oxygen atoms in total. The molecule has 0 bridgehead atoms. The van der Waals surface area contributed by atoms with Crippen LogP contribution in [0.25, 0.3) is 0 Å². The quantitative estimate of drug-likeness (QED) is 0.499. The zero-order valence-electron chi connectivity index (χ0n) is 5.49. The van der Waals surface area contributed by atoms with E-state index in [0.717, 1.165) is 23.1 Å². The molecule has 0 atom stereocenters. The van der Waals surface area contributed by atoms with Crippen LogP contribution >= 0.6 is 0 Å². The van der Waals surface area contributed by atoms with E-state index in [-0.39, 0.29) is 5.16 Å². The molecule has 2 heteroatoms. The zero-order chi connectivity index (χ0) is 5.91. The van der Waals surface area contributed by atoms with E-state index in [9.17, 15) is 0 Å². The molecule has 44 valence electrons. The Morgan fingerprint density at radius 1 is 1.43 bits per heavy atom. The second-order valence-corrected chi connectivity index (χ2v) is 4.35. The van der Waals surface area contributed by atoms with Gasteiger partial charge in [-0.2, -0.15) is 0 Å². The van der Waals surface area contributed by atoms with Crippen LogP contribution in [-0.4, -0.2) is 15.4 Å². The van der Waals surface area contributed by atoms with E-state index < -0.39 is 0 Å². The van der Waals surface area contributed by atoms with Crippen molar-refractivity contribution in [2.75, 3.05) is 0 Å². The van der Waals surface area contributed by atoms with Gasteiger partial charge in [0.05, 0.1) is 0 Å². The second kappa shape index (κ2) is 2.48. The molecule has 0 aromatic heterocycles. The zero-order valence-corrected chi connectivity index (χ0v) is 7.49. The number of nitrogens with two attached hydrogens (primary N) is 1. The number of rotatable bonds is 2. The Morgan fingerprint density at radius 2 is 1.71 bits per heavy atom. The molecule has 0 aliphatic carbocycles. The van der Waals surface area contributed by atoms with E-state index in [1.807, 2.05) is 0 Å². The van der Waals surface area contributed by atoms with Gasteiger partial charge in [0.2, 0.25) is 0 Å². The van der Waals surface area contributed by atoms with E-state index in [0.29, 0.717) is 0 Å². The number of hydrogen-bond donors (Lipinski definition) is 1. The highest BCUT2D eigenvalue weighted by molar-refractivity contribution is 6.15. The SMILES string of the molecule is CCC(N)([SiH3])CC. The van der Waals surface area contributed by atoms with Crippen molar-refractivity contribution in [2.45, 2.75) is 31.9 Å². The van der Waals surface area contributed by atoms with Gasteiger partial charge in [-0.25, -0.2) is 0 Å². The second-order valence-electron chi connectivity index (χ2n) is 2.36. The minimum Gasteiger partial charge on any atom is -0.329 e. The summed E-state index contributed by atoms with van der Waals surface area (Å²) in [7, 11) is 1.13. The van der Waals surface area contributed by atoms with Gasteiger partial charge in [0, 0.05) is 10.2 Å². The lowest BCUT2D eigenvalue weighted by atomic mass is 10.2. The van der Waals surface area contributed by atoms with Crippen LogP contribution in [0.3, 0.4) is 0 Å². The summed E-state index contributed by atoms with van der Waals surface area (Å²) >= 11 is 0. The third kappa shape index (κ3) is 2.82. The fraction of sp³-hybridized carbons (Fsp3) is 1.00.